The predicted octanol–water partition coefficient (Wildman–Crippen LogP) is 1.87. The molecule has 0 spiro atoms. The minimum absolute atomic E-state index is 0.675. The Kier molecular flexibility index (Phi) is 5.37. The van der Waals surface area contributed by atoms with E-state index in [-0.39, 0.29) is 0 Å². The summed E-state index contributed by atoms with van der Waals surface area (Å²) in [5.74, 6) is 0. The molecule has 0 aliphatic carbocycles. The van der Waals surface area contributed by atoms with Crippen LogP contribution in [0, 0.1) is 13.8 Å². The number of hydrogen-bond acceptors (Lipinski definition) is 2. The second kappa shape index (κ2) is 6.59. The van der Waals surface area contributed by atoms with Crippen LogP contribution in [-0.2, 0) is 0 Å². The van der Waals surface area contributed by atoms with E-state index in [4.69, 9.17) is 0 Å². The molecule has 1 saturated heterocycles. The lowest BCUT2D eigenvalue weighted by Gasteiger charge is -2.19. The van der Waals surface area contributed by atoms with Gasteiger partial charge in [0.05, 0.1) is 0 Å². The Morgan fingerprint density at radius 3 is 1.93 bits per heavy atom. The molecular formula is C13H22N2. The quantitative estimate of drug-likeness (QED) is 0.677. The summed E-state index contributed by atoms with van der Waals surface area (Å²) in [4.78, 5) is 0. The fourth-order valence-corrected chi connectivity index (χ4v) is 1.46. The molecule has 15 heavy (non-hydrogen) atoms. The van der Waals surface area contributed by atoms with E-state index >= 15 is 0 Å². The summed E-state index contributed by atoms with van der Waals surface area (Å²) in [6.45, 7) is 9.81. The molecule has 84 valence electrons. The van der Waals surface area contributed by atoms with Gasteiger partial charge in [0.1, 0.15) is 0 Å². The van der Waals surface area contributed by atoms with Gasteiger partial charge in [-0.05, 0) is 31.9 Å². The van der Waals surface area contributed by atoms with Crippen LogP contribution in [0.4, 0.5) is 0 Å². The number of piperazine rings is 1. The van der Waals surface area contributed by atoms with Gasteiger partial charge in [0.15, 0.2) is 0 Å². The molecule has 2 N–H and O–H groups in total. The lowest BCUT2D eigenvalue weighted by Crippen LogP contribution is -2.46. The highest BCUT2D eigenvalue weighted by molar-refractivity contribution is 5.23. The van der Waals surface area contributed by atoms with Gasteiger partial charge in [-0.3, -0.25) is 0 Å². The third-order valence-electron chi connectivity index (χ3n) is 2.67. The molecule has 1 fully saturated rings. The molecule has 1 aromatic carbocycles. The third kappa shape index (κ3) is 4.96. The first-order valence-corrected chi connectivity index (χ1v) is 5.66. The molecule has 0 amide bonds. The molecule has 2 rings (SSSR count). The summed E-state index contributed by atoms with van der Waals surface area (Å²) < 4.78 is 0. The Balaban J connectivity index is 0.000000151. The van der Waals surface area contributed by atoms with E-state index in [1.165, 1.54) is 11.1 Å². The van der Waals surface area contributed by atoms with Crippen LogP contribution >= 0.6 is 0 Å². The molecule has 0 bridgehead atoms. The maximum absolute atomic E-state index is 3.32. The number of benzene rings is 1. The predicted molar refractivity (Wildman–Crippen MR) is 66.3 cm³/mol. The highest BCUT2D eigenvalue weighted by atomic mass is 15.0. The number of rotatable bonds is 0. The van der Waals surface area contributed by atoms with Crippen LogP contribution in [0.2, 0.25) is 0 Å². The average Bonchev–Trinajstić information content (AvgIpc) is 2.25. The zero-order valence-electron chi connectivity index (χ0n) is 10.0. The largest absolute Gasteiger partial charge is 0.314 e. The van der Waals surface area contributed by atoms with Gasteiger partial charge in [-0.15, -0.1) is 0 Å². The van der Waals surface area contributed by atoms with Crippen LogP contribution in [0.3, 0.4) is 0 Å². The molecule has 0 aromatic heterocycles. The molecule has 0 radical (unpaired) electrons. The van der Waals surface area contributed by atoms with E-state index in [9.17, 15) is 0 Å². The van der Waals surface area contributed by atoms with Gasteiger partial charge in [-0.2, -0.15) is 0 Å². The third-order valence-corrected chi connectivity index (χ3v) is 2.67. The minimum atomic E-state index is 0.675. The van der Waals surface area contributed by atoms with E-state index in [1.807, 2.05) is 0 Å². The Labute approximate surface area is 93.1 Å². The number of aryl methyl sites for hydroxylation is 2. The van der Waals surface area contributed by atoms with Gasteiger partial charge in [0.25, 0.3) is 0 Å². The zero-order valence-corrected chi connectivity index (χ0v) is 10.0. The van der Waals surface area contributed by atoms with Crippen molar-refractivity contribution in [2.24, 2.45) is 0 Å². The molecule has 1 unspecified atom stereocenters. The number of hydrogen-bond donors (Lipinski definition) is 2. The van der Waals surface area contributed by atoms with Gasteiger partial charge in [-0.25, -0.2) is 0 Å². The van der Waals surface area contributed by atoms with E-state index in [0.717, 1.165) is 19.6 Å². The highest BCUT2D eigenvalue weighted by Crippen LogP contribution is 2.02. The molecule has 1 heterocycles. The van der Waals surface area contributed by atoms with Gasteiger partial charge < -0.3 is 10.6 Å². The van der Waals surface area contributed by atoms with Crippen molar-refractivity contribution >= 4 is 0 Å². The van der Waals surface area contributed by atoms with Crippen LogP contribution in [-0.4, -0.2) is 25.7 Å². The molecule has 1 aromatic rings. The first kappa shape index (κ1) is 12.2. The van der Waals surface area contributed by atoms with Crippen molar-refractivity contribution < 1.29 is 0 Å². The Hall–Kier alpha value is -0.860. The molecule has 1 atom stereocenters. The zero-order chi connectivity index (χ0) is 11.1. The van der Waals surface area contributed by atoms with Crippen molar-refractivity contribution in [3.8, 4) is 0 Å². The summed E-state index contributed by atoms with van der Waals surface area (Å²) in [5.41, 5.74) is 2.74. The molecular weight excluding hydrogens is 184 g/mol. The van der Waals surface area contributed by atoms with Crippen molar-refractivity contribution in [2.75, 3.05) is 19.6 Å². The van der Waals surface area contributed by atoms with Crippen molar-refractivity contribution in [2.45, 2.75) is 26.8 Å². The van der Waals surface area contributed by atoms with Gasteiger partial charge in [0, 0.05) is 25.7 Å². The monoisotopic (exact) mass is 206 g/mol. The van der Waals surface area contributed by atoms with Crippen molar-refractivity contribution in [1.29, 1.82) is 0 Å². The van der Waals surface area contributed by atoms with E-state index in [0.29, 0.717) is 6.04 Å². The minimum Gasteiger partial charge on any atom is -0.314 e. The van der Waals surface area contributed by atoms with Gasteiger partial charge >= 0.3 is 0 Å². The highest BCUT2D eigenvalue weighted by Gasteiger charge is 2.03. The van der Waals surface area contributed by atoms with Crippen molar-refractivity contribution in [3.63, 3.8) is 0 Å². The number of nitrogens with one attached hydrogen (secondary N) is 2. The lowest BCUT2D eigenvalue weighted by atomic mass is 10.1. The van der Waals surface area contributed by atoms with Crippen LogP contribution in [0.25, 0.3) is 0 Å². The lowest BCUT2D eigenvalue weighted by molar-refractivity contribution is 0.442. The first-order valence-electron chi connectivity index (χ1n) is 5.66. The standard InChI is InChI=1S/C8H10.C5H12N2/c1-7-5-3-4-6-8(7)2;1-5-4-6-2-3-7-5/h3-6H,1-2H3;5-7H,2-4H2,1H3. The summed E-state index contributed by atoms with van der Waals surface area (Å²) in [7, 11) is 0. The SMILES string of the molecule is CC1CNCCN1.Cc1ccccc1C. The van der Waals surface area contributed by atoms with Gasteiger partial charge in [-0.1, -0.05) is 24.3 Å². The summed E-state index contributed by atoms with van der Waals surface area (Å²) >= 11 is 0. The summed E-state index contributed by atoms with van der Waals surface area (Å²) in [6, 6.07) is 9.03. The normalized spacial score (nSPS) is 20.3. The molecule has 1 aliphatic heterocycles. The average molecular weight is 206 g/mol. The summed E-state index contributed by atoms with van der Waals surface area (Å²) in [5, 5.41) is 6.59. The molecule has 2 nitrogen and oxygen atoms in total. The maximum atomic E-state index is 3.32. The van der Waals surface area contributed by atoms with Crippen LogP contribution in [0.15, 0.2) is 24.3 Å². The fraction of sp³-hybridized carbons (Fsp3) is 0.538. The maximum Gasteiger partial charge on any atom is 0.0164 e. The molecule has 1 aliphatic rings. The molecule has 0 saturated carbocycles. The first-order chi connectivity index (χ1) is 7.20. The van der Waals surface area contributed by atoms with Gasteiger partial charge in [0.2, 0.25) is 0 Å². The smallest absolute Gasteiger partial charge is 0.0164 e. The van der Waals surface area contributed by atoms with Crippen molar-refractivity contribution in [1.82, 2.24) is 10.6 Å². The van der Waals surface area contributed by atoms with E-state index < -0.39 is 0 Å². The second-order valence-corrected chi connectivity index (χ2v) is 4.14. The van der Waals surface area contributed by atoms with Crippen LogP contribution in [0.1, 0.15) is 18.1 Å². The van der Waals surface area contributed by atoms with Crippen LogP contribution in [0.5, 0.6) is 0 Å². The Morgan fingerprint density at radius 1 is 1.07 bits per heavy atom. The Morgan fingerprint density at radius 2 is 1.67 bits per heavy atom. The fourth-order valence-electron chi connectivity index (χ4n) is 1.46. The summed E-state index contributed by atoms with van der Waals surface area (Å²) in [6.07, 6.45) is 0. The van der Waals surface area contributed by atoms with Crippen LogP contribution < -0.4 is 10.6 Å². The van der Waals surface area contributed by atoms with E-state index in [1.54, 1.807) is 0 Å². The molecule has 2 heteroatoms. The topological polar surface area (TPSA) is 24.1 Å². The van der Waals surface area contributed by atoms with Crippen molar-refractivity contribution in [3.05, 3.63) is 35.4 Å². The second-order valence-electron chi connectivity index (χ2n) is 4.14. The Bertz CT molecular complexity index is 257. The van der Waals surface area contributed by atoms with E-state index in [2.05, 4.69) is 55.7 Å².